The van der Waals surface area contributed by atoms with E-state index in [9.17, 15) is 9.59 Å². The minimum atomic E-state index is 0.00669. The molecule has 6 nitrogen and oxygen atoms in total. The Kier molecular flexibility index (Phi) is 6.67. The van der Waals surface area contributed by atoms with Crippen molar-refractivity contribution in [3.05, 3.63) is 34.9 Å². The van der Waals surface area contributed by atoms with Gasteiger partial charge in [0.25, 0.3) is 0 Å². The van der Waals surface area contributed by atoms with E-state index in [-0.39, 0.29) is 17.3 Å². The Morgan fingerprint density at radius 2 is 2.08 bits per heavy atom. The lowest BCUT2D eigenvalue weighted by molar-refractivity contribution is -0.903. The number of hydrogen-bond donors (Lipinski definition) is 2. The molecular weight excluding hydrogens is 372 g/mol. The van der Waals surface area contributed by atoms with Crippen molar-refractivity contribution in [1.82, 2.24) is 15.1 Å². The number of carbonyl (C=O) groups excluding carboxylic acids is 2. The summed E-state index contributed by atoms with van der Waals surface area (Å²) in [6.45, 7) is 7.57. The lowest BCUT2D eigenvalue weighted by atomic mass is 10.2. The van der Waals surface area contributed by atoms with Crippen LogP contribution in [0.25, 0.3) is 0 Å². The second-order valence-electron chi connectivity index (χ2n) is 6.59. The molecule has 2 aliphatic rings. The number of urea groups is 1. The molecule has 3 amide bonds. The predicted octanol–water partition coefficient (Wildman–Crippen LogP) is 0.844. The highest BCUT2D eigenvalue weighted by molar-refractivity contribution is 8.00. The summed E-state index contributed by atoms with van der Waals surface area (Å²) < 4.78 is 0. The van der Waals surface area contributed by atoms with Crippen molar-refractivity contribution in [2.75, 3.05) is 51.6 Å². The van der Waals surface area contributed by atoms with Crippen molar-refractivity contribution in [3.8, 4) is 0 Å². The van der Waals surface area contributed by atoms with E-state index >= 15 is 0 Å². The average molecular weight is 398 g/mol. The Morgan fingerprint density at radius 3 is 2.77 bits per heavy atom. The Balaban J connectivity index is 1.53. The van der Waals surface area contributed by atoms with Crippen LogP contribution in [0.5, 0.6) is 0 Å². The Hall–Kier alpha value is -1.44. The normalized spacial score (nSPS) is 21.3. The molecule has 0 bridgehead atoms. The van der Waals surface area contributed by atoms with E-state index in [2.05, 4.69) is 5.32 Å². The third-order valence-electron chi connectivity index (χ3n) is 4.93. The van der Waals surface area contributed by atoms with Crippen LogP contribution in [-0.4, -0.2) is 73.3 Å². The highest BCUT2D eigenvalue weighted by atomic mass is 35.5. The van der Waals surface area contributed by atoms with Gasteiger partial charge in [0, 0.05) is 17.1 Å². The van der Waals surface area contributed by atoms with Crippen LogP contribution in [0.15, 0.2) is 24.3 Å². The Bertz CT molecular complexity index is 652. The first-order valence-electron chi connectivity index (χ1n) is 9.12. The molecule has 0 aromatic heterocycles. The minimum Gasteiger partial charge on any atom is -0.338 e. The molecule has 1 aromatic carbocycles. The zero-order chi connectivity index (χ0) is 18.5. The van der Waals surface area contributed by atoms with E-state index in [1.54, 1.807) is 11.8 Å². The Labute approximate surface area is 163 Å². The number of hydrogen-bond acceptors (Lipinski definition) is 3. The van der Waals surface area contributed by atoms with Gasteiger partial charge in [-0.3, -0.25) is 4.79 Å². The van der Waals surface area contributed by atoms with E-state index in [1.165, 1.54) is 4.90 Å². The lowest BCUT2D eigenvalue weighted by Crippen LogP contribution is -3.15. The van der Waals surface area contributed by atoms with Gasteiger partial charge in [-0.15, -0.1) is 11.8 Å². The van der Waals surface area contributed by atoms with Crippen molar-refractivity contribution in [1.29, 1.82) is 0 Å². The number of nitrogens with one attached hydrogen (secondary N) is 2. The van der Waals surface area contributed by atoms with Crippen LogP contribution in [0.1, 0.15) is 17.9 Å². The second kappa shape index (κ2) is 8.97. The van der Waals surface area contributed by atoms with Gasteiger partial charge < -0.3 is 20.0 Å². The maximum absolute atomic E-state index is 12.3. The SMILES string of the molecule is CCNC(=O)N1CC[NH+](CCN2C(=O)CS[C@@H]2c2ccccc2Cl)CC1. The van der Waals surface area contributed by atoms with Gasteiger partial charge in [-0.25, -0.2) is 4.79 Å². The topological polar surface area (TPSA) is 57.1 Å². The van der Waals surface area contributed by atoms with Crippen LogP contribution < -0.4 is 10.2 Å². The van der Waals surface area contributed by atoms with Crippen LogP contribution in [0.3, 0.4) is 0 Å². The molecule has 1 aromatic rings. The quantitative estimate of drug-likeness (QED) is 0.774. The second-order valence-corrected chi connectivity index (χ2v) is 8.07. The minimum absolute atomic E-state index is 0.00669. The van der Waals surface area contributed by atoms with Crippen LogP contribution in [-0.2, 0) is 4.79 Å². The maximum Gasteiger partial charge on any atom is 0.317 e. The number of nitrogens with zero attached hydrogens (tertiary/aromatic N) is 2. The zero-order valence-corrected chi connectivity index (χ0v) is 16.6. The first-order chi connectivity index (χ1) is 12.6. The number of rotatable bonds is 5. The number of amides is 3. The van der Waals surface area contributed by atoms with E-state index in [0.29, 0.717) is 17.3 Å². The fraction of sp³-hybridized carbons (Fsp3) is 0.556. The third-order valence-corrected chi connectivity index (χ3v) is 6.51. The van der Waals surface area contributed by atoms with Gasteiger partial charge in [-0.05, 0) is 13.0 Å². The van der Waals surface area contributed by atoms with Gasteiger partial charge in [0.2, 0.25) is 5.91 Å². The molecule has 2 fully saturated rings. The smallest absolute Gasteiger partial charge is 0.317 e. The molecule has 26 heavy (non-hydrogen) atoms. The number of quaternary nitrogens is 1. The molecule has 2 N–H and O–H groups in total. The number of carbonyl (C=O) groups is 2. The molecule has 0 spiro atoms. The van der Waals surface area contributed by atoms with Crippen LogP contribution >= 0.6 is 23.4 Å². The van der Waals surface area contributed by atoms with Gasteiger partial charge in [-0.1, -0.05) is 29.8 Å². The van der Waals surface area contributed by atoms with E-state index in [4.69, 9.17) is 11.6 Å². The van der Waals surface area contributed by atoms with Crippen molar-refractivity contribution >= 4 is 35.3 Å². The Morgan fingerprint density at radius 1 is 1.35 bits per heavy atom. The molecule has 0 radical (unpaired) electrons. The number of benzene rings is 1. The van der Waals surface area contributed by atoms with Gasteiger partial charge in [0.05, 0.1) is 45.0 Å². The molecule has 2 aliphatic heterocycles. The largest absolute Gasteiger partial charge is 0.338 e. The summed E-state index contributed by atoms with van der Waals surface area (Å²) in [5.41, 5.74) is 1.01. The molecule has 2 saturated heterocycles. The van der Waals surface area contributed by atoms with Gasteiger partial charge in [0.1, 0.15) is 5.37 Å². The van der Waals surface area contributed by atoms with Crippen LogP contribution in [0.4, 0.5) is 4.79 Å². The predicted molar refractivity (Wildman–Crippen MR) is 105 cm³/mol. The molecule has 8 heteroatoms. The lowest BCUT2D eigenvalue weighted by Gasteiger charge is -2.33. The summed E-state index contributed by atoms with van der Waals surface area (Å²) in [7, 11) is 0. The maximum atomic E-state index is 12.3. The van der Waals surface area contributed by atoms with Crippen LogP contribution in [0.2, 0.25) is 5.02 Å². The number of halogens is 1. The highest BCUT2D eigenvalue weighted by Crippen LogP contribution is 2.40. The van der Waals surface area contributed by atoms with E-state index < -0.39 is 0 Å². The van der Waals surface area contributed by atoms with Gasteiger partial charge in [-0.2, -0.15) is 0 Å². The molecule has 0 saturated carbocycles. The zero-order valence-electron chi connectivity index (χ0n) is 15.0. The standard InChI is InChI=1S/C18H25ClN4O2S/c1-2-20-18(25)22-10-7-21(8-11-22)9-12-23-16(24)13-26-17(23)14-5-3-4-6-15(14)19/h3-6,17H,2,7-13H2,1H3,(H,20,25)/p+1/t17-/m1/s1. The third kappa shape index (κ3) is 4.45. The summed E-state index contributed by atoms with van der Waals surface area (Å²) in [4.78, 5) is 29.5. The highest BCUT2D eigenvalue weighted by Gasteiger charge is 2.34. The summed E-state index contributed by atoms with van der Waals surface area (Å²) in [6, 6.07) is 7.79. The van der Waals surface area contributed by atoms with E-state index in [0.717, 1.165) is 44.8 Å². The fourth-order valence-electron chi connectivity index (χ4n) is 3.45. The molecule has 2 heterocycles. The number of piperazine rings is 1. The summed E-state index contributed by atoms with van der Waals surface area (Å²) in [5.74, 6) is 0.691. The first-order valence-corrected chi connectivity index (χ1v) is 10.5. The van der Waals surface area contributed by atoms with Crippen molar-refractivity contribution < 1.29 is 14.5 Å². The first kappa shape index (κ1) is 19.3. The number of thioether (sulfide) groups is 1. The van der Waals surface area contributed by atoms with Crippen molar-refractivity contribution in [2.45, 2.75) is 12.3 Å². The average Bonchev–Trinajstić information content (AvgIpc) is 3.01. The van der Waals surface area contributed by atoms with Crippen molar-refractivity contribution in [2.24, 2.45) is 0 Å². The van der Waals surface area contributed by atoms with Crippen molar-refractivity contribution in [3.63, 3.8) is 0 Å². The molecule has 0 unspecified atom stereocenters. The van der Waals surface area contributed by atoms with Gasteiger partial charge in [0.15, 0.2) is 0 Å². The monoisotopic (exact) mass is 397 g/mol. The molecule has 1 atom stereocenters. The molecular formula is C18H26ClN4O2S+. The molecule has 3 rings (SSSR count). The summed E-state index contributed by atoms with van der Waals surface area (Å²) >= 11 is 7.98. The summed E-state index contributed by atoms with van der Waals surface area (Å²) in [5, 5.41) is 3.57. The van der Waals surface area contributed by atoms with E-state index in [1.807, 2.05) is 41.0 Å². The van der Waals surface area contributed by atoms with Crippen LogP contribution in [0, 0.1) is 0 Å². The summed E-state index contributed by atoms with van der Waals surface area (Å²) in [6.07, 6.45) is 0. The molecule has 0 aliphatic carbocycles. The molecule has 142 valence electrons. The van der Waals surface area contributed by atoms with Gasteiger partial charge >= 0.3 is 6.03 Å². The fourth-order valence-corrected chi connectivity index (χ4v) is 5.00.